The van der Waals surface area contributed by atoms with Crippen LogP contribution in [0.2, 0.25) is 0 Å². The van der Waals surface area contributed by atoms with E-state index in [-0.39, 0.29) is 11.3 Å². The van der Waals surface area contributed by atoms with Crippen LogP contribution in [0.1, 0.15) is 23.2 Å². The van der Waals surface area contributed by atoms with E-state index in [9.17, 15) is 13.6 Å². The molecule has 0 aromatic heterocycles. The normalized spacial score (nSPS) is 27.3. The molecule has 0 bridgehead atoms. The summed E-state index contributed by atoms with van der Waals surface area (Å²) >= 11 is 0. The summed E-state index contributed by atoms with van der Waals surface area (Å²) in [5, 5.41) is 0. The minimum absolute atomic E-state index is 0.168. The van der Waals surface area contributed by atoms with Crippen LogP contribution >= 0.6 is 0 Å². The van der Waals surface area contributed by atoms with Gasteiger partial charge in [0.1, 0.15) is 6.10 Å². The Morgan fingerprint density at radius 1 is 1.32 bits per heavy atom. The van der Waals surface area contributed by atoms with E-state index in [4.69, 9.17) is 4.74 Å². The minimum atomic E-state index is -0.999. The fraction of sp³-hybridized carbons (Fsp3) is 0.500. The van der Waals surface area contributed by atoms with Gasteiger partial charge in [-0.2, -0.15) is 0 Å². The van der Waals surface area contributed by atoms with Crippen molar-refractivity contribution in [2.24, 2.45) is 0 Å². The maximum absolute atomic E-state index is 13.1. The van der Waals surface area contributed by atoms with E-state index in [0.29, 0.717) is 19.2 Å². The van der Waals surface area contributed by atoms with Crippen molar-refractivity contribution in [1.82, 2.24) is 4.90 Å². The van der Waals surface area contributed by atoms with E-state index < -0.39 is 17.7 Å². The summed E-state index contributed by atoms with van der Waals surface area (Å²) < 4.78 is 31.6. The van der Waals surface area contributed by atoms with E-state index in [1.54, 1.807) is 0 Å². The quantitative estimate of drug-likeness (QED) is 0.768. The van der Waals surface area contributed by atoms with Crippen molar-refractivity contribution in [3.05, 3.63) is 35.4 Å². The molecule has 0 spiro atoms. The Hall–Kier alpha value is -1.33. The Balaban J connectivity index is 1.74. The number of halogens is 2. The Labute approximate surface area is 110 Å². The van der Waals surface area contributed by atoms with Crippen LogP contribution in [0, 0.1) is 11.6 Å². The van der Waals surface area contributed by atoms with Gasteiger partial charge in [-0.15, -0.1) is 0 Å². The van der Waals surface area contributed by atoms with Gasteiger partial charge in [0.25, 0.3) is 0 Å². The topological polar surface area (TPSA) is 29.5 Å². The molecule has 102 valence electrons. The lowest BCUT2D eigenvalue weighted by Gasteiger charge is -2.34. The number of nitrogens with zero attached hydrogens (tertiary/aromatic N) is 1. The van der Waals surface area contributed by atoms with Gasteiger partial charge in [-0.3, -0.25) is 9.69 Å². The summed E-state index contributed by atoms with van der Waals surface area (Å²) in [6.45, 7) is 2.07. The molecule has 3 nitrogen and oxygen atoms in total. The third-order valence-corrected chi connectivity index (χ3v) is 3.89. The molecule has 1 aromatic carbocycles. The van der Waals surface area contributed by atoms with Gasteiger partial charge in [-0.1, -0.05) is 0 Å². The molecule has 2 heterocycles. The van der Waals surface area contributed by atoms with Crippen LogP contribution in [-0.2, 0) is 4.74 Å². The molecule has 19 heavy (non-hydrogen) atoms. The molecule has 5 heteroatoms. The smallest absolute Gasteiger partial charge is 0.192 e. The molecule has 3 rings (SSSR count). The van der Waals surface area contributed by atoms with Crippen LogP contribution in [0.15, 0.2) is 18.2 Å². The summed E-state index contributed by atoms with van der Waals surface area (Å²) in [7, 11) is 0. The number of hydrogen-bond acceptors (Lipinski definition) is 3. The van der Waals surface area contributed by atoms with Crippen molar-refractivity contribution in [3.8, 4) is 0 Å². The van der Waals surface area contributed by atoms with Gasteiger partial charge in [-0.05, 0) is 37.6 Å². The van der Waals surface area contributed by atoms with Crippen LogP contribution in [0.4, 0.5) is 8.78 Å². The number of Topliss-reactive ketones (excluding diaryl/α,β-unsaturated/α-hetero) is 1. The number of ketones is 1. The van der Waals surface area contributed by atoms with Crippen molar-refractivity contribution < 1.29 is 18.3 Å². The number of rotatable bonds is 2. The standard InChI is InChI=1S/C14H15F2NO2/c15-11-4-3-9(6-12(11)16)14(18)13-7-17-5-1-2-10(17)8-19-13/h3-4,6,10,13H,1-2,5,7-8H2. The second-order valence-corrected chi connectivity index (χ2v) is 5.11. The molecule has 2 aliphatic heterocycles. The zero-order valence-corrected chi connectivity index (χ0v) is 10.4. The summed E-state index contributed by atoms with van der Waals surface area (Å²) in [6, 6.07) is 3.63. The maximum Gasteiger partial charge on any atom is 0.192 e. The molecule has 2 saturated heterocycles. The Kier molecular flexibility index (Phi) is 3.33. The van der Waals surface area contributed by atoms with Gasteiger partial charge in [0, 0.05) is 18.2 Å². The second-order valence-electron chi connectivity index (χ2n) is 5.11. The molecule has 2 atom stereocenters. The third-order valence-electron chi connectivity index (χ3n) is 3.89. The zero-order chi connectivity index (χ0) is 13.4. The van der Waals surface area contributed by atoms with Crippen molar-refractivity contribution in [3.63, 3.8) is 0 Å². The van der Waals surface area contributed by atoms with E-state index in [1.165, 1.54) is 6.07 Å². The SMILES string of the molecule is O=C(c1ccc(F)c(F)c1)C1CN2CCCC2CO1. The average Bonchev–Trinajstić information content (AvgIpc) is 2.88. The number of fused-ring (bicyclic) bond motifs is 1. The number of hydrogen-bond donors (Lipinski definition) is 0. The van der Waals surface area contributed by atoms with Crippen molar-refractivity contribution in [2.45, 2.75) is 25.0 Å². The van der Waals surface area contributed by atoms with Crippen LogP contribution in [0.3, 0.4) is 0 Å². The summed E-state index contributed by atoms with van der Waals surface area (Å²) in [5.41, 5.74) is 0.168. The summed E-state index contributed by atoms with van der Waals surface area (Å²) in [4.78, 5) is 14.5. The Bertz CT molecular complexity index is 506. The van der Waals surface area contributed by atoms with Crippen LogP contribution < -0.4 is 0 Å². The fourth-order valence-electron chi connectivity index (χ4n) is 2.81. The van der Waals surface area contributed by atoms with Crippen LogP contribution in [0.25, 0.3) is 0 Å². The predicted molar refractivity (Wildman–Crippen MR) is 65.0 cm³/mol. The fourth-order valence-corrected chi connectivity index (χ4v) is 2.81. The molecule has 0 N–H and O–H groups in total. The number of carbonyl (C=O) groups is 1. The highest BCUT2D eigenvalue weighted by molar-refractivity contribution is 5.99. The first-order chi connectivity index (χ1) is 9.15. The van der Waals surface area contributed by atoms with Crippen LogP contribution in [0.5, 0.6) is 0 Å². The summed E-state index contributed by atoms with van der Waals surface area (Å²) in [6.07, 6.45) is 1.66. The van der Waals surface area contributed by atoms with E-state index in [2.05, 4.69) is 4.90 Å². The molecular formula is C14H15F2NO2. The van der Waals surface area contributed by atoms with E-state index >= 15 is 0 Å². The van der Waals surface area contributed by atoms with Gasteiger partial charge in [0.2, 0.25) is 0 Å². The first-order valence-electron chi connectivity index (χ1n) is 6.50. The first-order valence-corrected chi connectivity index (χ1v) is 6.50. The van der Waals surface area contributed by atoms with Crippen molar-refractivity contribution in [1.29, 1.82) is 0 Å². The third kappa shape index (κ3) is 2.40. The molecule has 0 aliphatic carbocycles. The monoisotopic (exact) mass is 267 g/mol. The first kappa shape index (κ1) is 12.7. The predicted octanol–water partition coefficient (Wildman–Crippen LogP) is 2.01. The largest absolute Gasteiger partial charge is 0.367 e. The lowest BCUT2D eigenvalue weighted by Crippen LogP contribution is -2.49. The molecule has 2 unspecified atom stereocenters. The van der Waals surface area contributed by atoms with E-state index in [0.717, 1.165) is 31.5 Å². The zero-order valence-electron chi connectivity index (χ0n) is 10.4. The van der Waals surface area contributed by atoms with Gasteiger partial charge >= 0.3 is 0 Å². The molecular weight excluding hydrogens is 252 g/mol. The molecule has 0 saturated carbocycles. The molecule has 0 radical (unpaired) electrons. The maximum atomic E-state index is 13.1. The minimum Gasteiger partial charge on any atom is -0.367 e. The highest BCUT2D eigenvalue weighted by Crippen LogP contribution is 2.24. The Morgan fingerprint density at radius 3 is 2.95 bits per heavy atom. The molecule has 1 aromatic rings. The number of ether oxygens (including phenoxy) is 1. The molecule has 0 amide bonds. The average molecular weight is 267 g/mol. The highest BCUT2D eigenvalue weighted by Gasteiger charge is 2.35. The van der Waals surface area contributed by atoms with Gasteiger partial charge in [0.15, 0.2) is 17.4 Å². The lowest BCUT2D eigenvalue weighted by atomic mass is 10.0. The second kappa shape index (κ2) is 4.98. The van der Waals surface area contributed by atoms with Crippen molar-refractivity contribution >= 4 is 5.78 Å². The van der Waals surface area contributed by atoms with Crippen molar-refractivity contribution in [2.75, 3.05) is 19.7 Å². The van der Waals surface area contributed by atoms with Gasteiger partial charge < -0.3 is 4.74 Å². The number of benzene rings is 1. The molecule has 2 aliphatic rings. The molecule has 2 fully saturated rings. The van der Waals surface area contributed by atoms with Crippen LogP contribution in [-0.4, -0.2) is 42.5 Å². The van der Waals surface area contributed by atoms with Gasteiger partial charge in [0.05, 0.1) is 6.61 Å². The lowest BCUT2D eigenvalue weighted by molar-refractivity contribution is -0.0344. The Morgan fingerprint density at radius 2 is 2.16 bits per heavy atom. The number of carbonyl (C=O) groups excluding carboxylic acids is 1. The highest BCUT2D eigenvalue weighted by atomic mass is 19.2. The van der Waals surface area contributed by atoms with Gasteiger partial charge in [-0.25, -0.2) is 8.78 Å². The number of morpholine rings is 1. The summed E-state index contributed by atoms with van der Waals surface area (Å²) in [5.74, 6) is -2.22. The van der Waals surface area contributed by atoms with E-state index in [1.807, 2.05) is 0 Å².